The summed E-state index contributed by atoms with van der Waals surface area (Å²) in [6.45, 7) is 1.80. The van der Waals surface area contributed by atoms with Crippen molar-refractivity contribution in [2.45, 2.75) is 19.1 Å². The molecule has 1 aromatic carbocycles. The van der Waals surface area contributed by atoms with Crippen LogP contribution >= 0.6 is 0 Å². The second-order valence-corrected chi connectivity index (χ2v) is 3.61. The third-order valence-corrected chi connectivity index (χ3v) is 2.38. The van der Waals surface area contributed by atoms with E-state index in [9.17, 15) is 9.50 Å². The lowest BCUT2D eigenvalue weighted by Crippen LogP contribution is -3.00. The molecule has 0 heterocycles. The minimum Gasteiger partial charge on any atom is -1.00 e. The zero-order valence-corrected chi connectivity index (χ0v) is 9.86. The molecule has 0 saturated heterocycles. The van der Waals surface area contributed by atoms with E-state index in [1.807, 2.05) is 6.92 Å². The first-order chi connectivity index (χ1) is 7.15. The predicted molar refractivity (Wildman–Crippen MR) is 55.3 cm³/mol. The standard InChI is InChI=1S/C11H16FNO2.ClH/c1-8(13-7-6-12)11(15)9-2-4-10(14)5-3-9;/h2-5,8,11,13-15H,6-7H2,1H3;1H. The average Bonchev–Trinajstić information content (AvgIpc) is 2.26. The number of phenols is 1. The largest absolute Gasteiger partial charge is 1.00 e. The maximum absolute atomic E-state index is 11.9. The van der Waals surface area contributed by atoms with E-state index in [4.69, 9.17) is 5.11 Å². The van der Waals surface area contributed by atoms with Gasteiger partial charge in [0.25, 0.3) is 0 Å². The second kappa shape index (κ2) is 7.44. The molecule has 0 fully saturated rings. The minimum atomic E-state index is -0.642. The van der Waals surface area contributed by atoms with Crippen LogP contribution in [0.1, 0.15) is 18.6 Å². The number of phenolic OH excluding ortho intramolecular Hbond substituents is 1. The minimum absolute atomic E-state index is 0. The van der Waals surface area contributed by atoms with E-state index in [-0.39, 0.29) is 24.2 Å². The first-order valence-corrected chi connectivity index (χ1v) is 5.01. The number of hydrogen-bond donors (Lipinski definition) is 3. The first kappa shape index (κ1) is 15.2. The molecule has 92 valence electrons. The Balaban J connectivity index is 0.00000225. The molecule has 0 radical (unpaired) electrons. The number of nitrogens with two attached hydrogens (primary N) is 1. The fraction of sp³-hybridized carbons (Fsp3) is 0.455. The van der Waals surface area contributed by atoms with Gasteiger partial charge in [-0.25, -0.2) is 4.39 Å². The molecule has 0 aliphatic rings. The Labute approximate surface area is 101 Å². The van der Waals surface area contributed by atoms with Crippen molar-refractivity contribution in [1.29, 1.82) is 0 Å². The summed E-state index contributed by atoms with van der Waals surface area (Å²) in [5, 5.41) is 20.7. The van der Waals surface area contributed by atoms with Crippen molar-refractivity contribution in [2.24, 2.45) is 0 Å². The van der Waals surface area contributed by atoms with Gasteiger partial charge in [0.2, 0.25) is 0 Å². The highest BCUT2D eigenvalue weighted by Gasteiger charge is 2.18. The van der Waals surface area contributed by atoms with Crippen LogP contribution in [-0.2, 0) is 0 Å². The average molecular weight is 250 g/mol. The van der Waals surface area contributed by atoms with Gasteiger partial charge in [0, 0.05) is 0 Å². The summed E-state index contributed by atoms with van der Waals surface area (Å²) in [4.78, 5) is 0. The number of aliphatic hydroxyl groups is 1. The molecule has 0 aromatic heterocycles. The van der Waals surface area contributed by atoms with Crippen LogP contribution in [0.5, 0.6) is 5.75 Å². The normalized spacial score (nSPS) is 13.9. The fourth-order valence-electron chi connectivity index (χ4n) is 1.43. The number of aliphatic hydroxyl groups excluding tert-OH is 1. The van der Waals surface area contributed by atoms with Gasteiger partial charge < -0.3 is 27.9 Å². The van der Waals surface area contributed by atoms with Gasteiger partial charge in [0.05, 0.1) is 0 Å². The molecule has 0 aliphatic carbocycles. The molecule has 2 unspecified atom stereocenters. The van der Waals surface area contributed by atoms with Crippen LogP contribution in [0.3, 0.4) is 0 Å². The summed E-state index contributed by atoms with van der Waals surface area (Å²) >= 11 is 0. The Bertz CT molecular complexity index is 295. The van der Waals surface area contributed by atoms with Crippen LogP contribution in [0.4, 0.5) is 4.39 Å². The van der Waals surface area contributed by atoms with Crippen molar-refractivity contribution in [3.05, 3.63) is 29.8 Å². The number of aromatic hydroxyl groups is 1. The molecule has 0 amide bonds. The maximum Gasteiger partial charge on any atom is 0.138 e. The third-order valence-electron chi connectivity index (χ3n) is 2.38. The molecule has 3 nitrogen and oxygen atoms in total. The molecule has 0 aliphatic heterocycles. The molecular formula is C11H17ClFNO2. The molecule has 1 aromatic rings. The lowest BCUT2D eigenvalue weighted by Gasteiger charge is -2.17. The van der Waals surface area contributed by atoms with Gasteiger partial charge in [-0.1, -0.05) is 12.1 Å². The van der Waals surface area contributed by atoms with Gasteiger partial charge in [-0.2, -0.15) is 0 Å². The molecule has 16 heavy (non-hydrogen) atoms. The second-order valence-electron chi connectivity index (χ2n) is 3.61. The highest BCUT2D eigenvalue weighted by Crippen LogP contribution is 2.17. The number of quaternary nitrogens is 1. The SMILES string of the molecule is CC([NH2+]CCF)C(O)c1ccc(O)cc1.[Cl-]. The number of rotatable bonds is 5. The van der Waals surface area contributed by atoms with Gasteiger partial charge in [-0.15, -0.1) is 0 Å². The zero-order valence-electron chi connectivity index (χ0n) is 9.11. The van der Waals surface area contributed by atoms with E-state index in [1.165, 1.54) is 12.1 Å². The van der Waals surface area contributed by atoms with Crippen molar-refractivity contribution in [2.75, 3.05) is 13.2 Å². The van der Waals surface area contributed by atoms with Gasteiger partial charge in [0.15, 0.2) is 0 Å². The molecule has 0 saturated carbocycles. The molecule has 0 spiro atoms. The quantitative estimate of drug-likeness (QED) is 0.534. The predicted octanol–water partition coefficient (Wildman–Crippen LogP) is -2.65. The summed E-state index contributed by atoms with van der Waals surface area (Å²) in [7, 11) is 0. The molecule has 0 bridgehead atoms. The first-order valence-electron chi connectivity index (χ1n) is 5.01. The van der Waals surface area contributed by atoms with Crippen LogP contribution < -0.4 is 17.7 Å². The van der Waals surface area contributed by atoms with Crippen molar-refractivity contribution >= 4 is 0 Å². The molecule has 5 heteroatoms. The van der Waals surface area contributed by atoms with E-state index in [2.05, 4.69) is 0 Å². The van der Waals surface area contributed by atoms with Gasteiger partial charge in [-0.3, -0.25) is 0 Å². The molecule has 4 N–H and O–H groups in total. The third kappa shape index (κ3) is 4.35. The van der Waals surface area contributed by atoms with Gasteiger partial charge >= 0.3 is 0 Å². The Kier molecular flexibility index (Phi) is 7.05. The highest BCUT2D eigenvalue weighted by molar-refractivity contribution is 5.27. The smallest absolute Gasteiger partial charge is 0.138 e. The molecular weight excluding hydrogens is 233 g/mol. The highest BCUT2D eigenvalue weighted by atomic mass is 35.5. The number of alkyl halides is 1. The Morgan fingerprint density at radius 1 is 1.31 bits per heavy atom. The van der Waals surface area contributed by atoms with Crippen LogP contribution in [-0.4, -0.2) is 29.5 Å². The van der Waals surface area contributed by atoms with E-state index < -0.39 is 12.8 Å². The maximum atomic E-state index is 11.9. The summed E-state index contributed by atoms with van der Waals surface area (Å²) in [5.74, 6) is 0.173. The topological polar surface area (TPSA) is 57.1 Å². The summed E-state index contributed by atoms with van der Waals surface area (Å²) in [5.41, 5.74) is 0.732. The van der Waals surface area contributed by atoms with Crippen LogP contribution in [0, 0.1) is 0 Å². The van der Waals surface area contributed by atoms with Gasteiger partial charge in [-0.05, 0) is 24.6 Å². The van der Waals surface area contributed by atoms with Crippen molar-refractivity contribution in [1.82, 2.24) is 0 Å². The summed E-state index contributed by atoms with van der Waals surface area (Å²) in [6, 6.07) is 6.30. The van der Waals surface area contributed by atoms with Crippen LogP contribution in [0.15, 0.2) is 24.3 Å². The Morgan fingerprint density at radius 3 is 2.38 bits per heavy atom. The van der Waals surface area contributed by atoms with Crippen LogP contribution in [0.2, 0.25) is 0 Å². The zero-order chi connectivity index (χ0) is 11.3. The lowest BCUT2D eigenvalue weighted by molar-refractivity contribution is -0.694. The van der Waals surface area contributed by atoms with E-state index in [0.29, 0.717) is 6.54 Å². The molecule has 2 atom stereocenters. The number of benzene rings is 1. The van der Waals surface area contributed by atoms with E-state index in [1.54, 1.807) is 17.4 Å². The Morgan fingerprint density at radius 2 is 1.88 bits per heavy atom. The summed E-state index contributed by atoms with van der Waals surface area (Å²) in [6.07, 6.45) is -0.642. The van der Waals surface area contributed by atoms with Gasteiger partial charge in [0.1, 0.15) is 31.1 Å². The Hall–Kier alpha value is -0.840. The lowest BCUT2D eigenvalue weighted by atomic mass is 10.0. The van der Waals surface area contributed by atoms with E-state index in [0.717, 1.165) is 5.56 Å². The monoisotopic (exact) mass is 249 g/mol. The molecule has 1 rings (SSSR count). The summed E-state index contributed by atoms with van der Waals surface area (Å²) < 4.78 is 11.9. The fourth-order valence-corrected chi connectivity index (χ4v) is 1.43. The van der Waals surface area contributed by atoms with Crippen molar-refractivity contribution in [3.63, 3.8) is 0 Å². The van der Waals surface area contributed by atoms with Crippen molar-refractivity contribution < 1.29 is 32.3 Å². The van der Waals surface area contributed by atoms with E-state index >= 15 is 0 Å². The number of hydrogen-bond acceptors (Lipinski definition) is 2. The van der Waals surface area contributed by atoms with Crippen LogP contribution in [0.25, 0.3) is 0 Å². The van der Waals surface area contributed by atoms with Crippen molar-refractivity contribution in [3.8, 4) is 5.75 Å². The number of halogens is 2.